The van der Waals surface area contributed by atoms with E-state index in [9.17, 15) is 4.79 Å². The summed E-state index contributed by atoms with van der Waals surface area (Å²) in [6, 6.07) is 19.4. The molecule has 0 saturated carbocycles. The fourth-order valence-corrected chi connectivity index (χ4v) is 3.35. The minimum absolute atomic E-state index is 0.287. The number of nitrogens with zero attached hydrogens (tertiary/aromatic N) is 1. The van der Waals surface area contributed by atoms with E-state index in [-0.39, 0.29) is 6.03 Å². The summed E-state index contributed by atoms with van der Waals surface area (Å²) in [5, 5.41) is 8.92. The molecular formula is C23H26N4O2S. The van der Waals surface area contributed by atoms with Crippen molar-refractivity contribution in [3.63, 3.8) is 0 Å². The molecule has 0 unspecified atom stereocenters. The average molecular weight is 423 g/mol. The lowest BCUT2D eigenvalue weighted by Crippen LogP contribution is -2.30. The fraction of sp³-hybridized carbons (Fsp3) is 0.217. The number of ether oxygens (including phenoxy) is 1. The van der Waals surface area contributed by atoms with Crippen LogP contribution in [-0.4, -0.2) is 30.4 Å². The maximum absolute atomic E-state index is 12.1. The number of hydrogen-bond donors (Lipinski definition) is 3. The predicted octanol–water partition coefficient (Wildman–Crippen LogP) is 5.31. The summed E-state index contributed by atoms with van der Waals surface area (Å²) in [6.45, 7) is 3.07. The van der Waals surface area contributed by atoms with Crippen molar-refractivity contribution in [2.45, 2.75) is 18.2 Å². The Labute approximate surface area is 181 Å². The molecule has 3 aromatic rings. The number of aromatic nitrogens is 1. The summed E-state index contributed by atoms with van der Waals surface area (Å²) in [7, 11) is 0. The number of rotatable bonds is 9. The average Bonchev–Trinajstić information content (AvgIpc) is 2.77. The van der Waals surface area contributed by atoms with E-state index in [2.05, 4.69) is 33.1 Å². The maximum atomic E-state index is 12.1. The van der Waals surface area contributed by atoms with Gasteiger partial charge in [0.2, 0.25) is 0 Å². The summed E-state index contributed by atoms with van der Waals surface area (Å²) in [5.74, 6) is 1.35. The Morgan fingerprint density at radius 1 is 1.07 bits per heavy atom. The Morgan fingerprint density at radius 3 is 2.70 bits per heavy atom. The van der Waals surface area contributed by atoms with Crippen LogP contribution >= 0.6 is 11.8 Å². The van der Waals surface area contributed by atoms with Crippen LogP contribution in [0.15, 0.2) is 71.8 Å². The van der Waals surface area contributed by atoms with Crippen molar-refractivity contribution >= 4 is 35.0 Å². The van der Waals surface area contributed by atoms with Crippen molar-refractivity contribution in [2.24, 2.45) is 0 Å². The van der Waals surface area contributed by atoms with Gasteiger partial charge in [0.1, 0.15) is 11.6 Å². The highest BCUT2D eigenvalue weighted by Gasteiger charge is 2.06. The smallest absolute Gasteiger partial charge is 0.320 e. The first-order valence-corrected chi connectivity index (χ1v) is 11.0. The van der Waals surface area contributed by atoms with Crippen molar-refractivity contribution in [1.29, 1.82) is 0 Å². The molecule has 3 N–H and O–H groups in total. The lowest BCUT2D eigenvalue weighted by atomic mass is 10.1. The van der Waals surface area contributed by atoms with Crippen LogP contribution in [-0.2, 0) is 6.42 Å². The predicted molar refractivity (Wildman–Crippen MR) is 124 cm³/mol. The van der Waals surface area contributed by atoms with E-state index in [0.717, 1.165) is 22.7 Å². The van der Waals surface area contributed by atoms with E-state index in [0.29, 0.717) is 25.4 Å². The second-order valence-electron chi connectivity index (χ2n) is 6.46. The minimum atomic E-state index is -0.287. The van der Waals surface area contributed by atoms with Gasteiger partial charge in [-0.25, -0.2) is 9.78 Å². The number of carbonyl (C=O) groups excluding carboxylic acids is 1. The first-order chi connectivity index (χ1) is 14.7. The summed E-state index contributed by atoms with van der Waals surface area (Å²) < 4.78 is 5.61. The third kappa shape index (κ3) is 6.42. The van der Waals surface area contributed by atoms with Gasteiger partial charge >= 0.3 is 6.03 Å². The number of pyridine rings is 1. The van der Waals surface area contributed by atoms with Gasteiger partial charge in [0.05, 0.1) is 18.5 Å². The normalized spacial score (nSPS) is 10.3. The van der Waals surface area contributed by atoms with E-state index in [1.807, 2.05) is 55.6 Å². The molecule has 0 fully saturated rings. The van der Waals surface area contributed by atoms with Gasteiger partial charge in [-0.05, 0) is 61.6 Å². The monoisotopic (exact) mass is 422 g/mol. The molecule has 0 spiro atoms. The molecule has 6 nitrogen and oxygen atoms in total. The Kier molecular flexibility index (Phi) is 7.97. The van der Waals surface area contributed by atoms with Gasteiger partial charge in [0.25, 0.3) is 0 Å². The van der Waals surface area contributed by atoms with Gasteiger partial charge in [-0.2, -0.15) is 0 Å². The highest BCUT2D eigenvalue weighted by molar-refractivity contribution is 7.98. The third-order valence-corrected chi connectivity index (χ3v) is 5.04. The highest BCUT2D eigenvalue weighted by atomic mass is 32.2. The van der Waals surface area contributed by atoms with Crippen LogP contribution in [0.25, 0.3) is 0 Å². The van der Waals surface area contributed by atoms with Gasteiger partial charge in [-0.3, -0.25) is 5.32 Å². The largest absolute Gasteiger partial charge is 0.494 e. The summed E-state index contributed by atoms with van der Waals surface area (Å²) >= 11 is 1.69. The molecule has 7 heteroatoms. The molecule has 3 rings (SSSR count). The topological polar surface area (TPSA) is 75.3 Å². The fourth-order valence-electron chi connectivity index (χ4n) is 2.89. The number of hydrogen-bond acceptors (Lipinski definition) is 5. The summed E-state index contributed by atoms with van der Waals surface area (Å²) in [4.78, 5) is 17.6. The molecule has 1 heterocycles. The van der Waals surface area contributed by atoms with E-state index in [1.165, 1.54) is 4.90 Å². The molecule has 0 atom stereocenters. The number of benzene rings is 2. The molecular weight excluding hydrogens is 396 g/mol. The quantitative estimate of drug-likeness (QED) is 0.408. The summed E-state index contributed by atoms with van der Waals surface area (Å²) in [5.41, 5.74) is 2.92. The van der Waals surface area contributed by atoms with Crippen molar-refractivity contribution < 1.29 is 9.53 Å². The minimum Gasteiger partial charge on any atom is -0.494 e. The van der Waals surface area contributed by atoms with Crippen LogP contribution in [0.3, 0.4) is 0 Å². The molecule has 2 amide bonds. The van der Waals surface area contributed by atoms with Gasteiger partial charge in [0, 0.05) is 17.1 Å². The van der Waals surface area contributed by atoms with Crippen molar-refractivity contribution in [3.05, 3.63) is 72.4 Å². The Morgan fingerprint density at radius 2 is 1.93 bits per heavy atom. The van der Waals surface area contributed by atoms with Crippen LogP contribution in [0.1, 0.15) is 12.5 Å². The van der Waals surface area contributed by atoms with E-state index < -0.39 is 0 Å². The number of urea groups is 1. The first-order valence-electron chi connectivity index (χ1n) is 9.80. The lowest BCUT2D eigenvalue weighted by Gasteiger charge is -2.11. The molecule has 2 aromatic carbocycles. The second-order valence-corrected chi connectivity index (χ2v) is 7.34. The lowest BCUT2D eigenvalue weighted by molar-refractivity contribution is 0.252. The maximum Gasteiger partial charge on any atom is 0.320 e. The molecule has 0 aliphatic rings. The van der Waals surface area contributed by atoms with Crippen LogP contribution in [0, 0.1) is 0 Å². The second kappa shape index (κ2) is 11.1. The number of thioether (sulfide) groups is 1. The highest BCUT2D eigenvalue weighted by Crippen LogP contribution is 2.22. The molecule has 30 heavy (non-hydrogen) atoms. The Bertz CT molecular complexity index is 963. The number of nitrogens with one attached hydrogen (secondary N) is 3. The van der Waals surface area contributed by atoms with E-state index in [1.54, 1.807) is 24.0 Å². The van der Waals surface area contributed by atoms with Crippen LogP contribution in [0.2, 0.25) is 0 Å². The van der Waals surface area contributed by atoms with Crippen LogP contribution in [0.4, 0.5) is 22.0 Å². The molecule has 1 aromatic heterocycles. The molecule has 0 aliphatic carbocycles. The zero-order valence-corrected chi connectivity index (χ0v) is 18.0. The van der Waals surface area contributed by atoms with Gasteiger partial charge in [-0.1, -0.05) is 24.3 Å². The zero-order chi connectivity index (χ0) is 21.2. The number of amides is 2. The SMILES string of the molecule is CCOc1ccccc1CCNC(=O)Nc1ccc(Nc2cccc(SC)c2)cn1. The van der Waals surface area contributed by atoms with E-state index >= 15 is 0 Å². The Balaban J connectivity index is 1.47. The first kappa shape index (κ1) is 21.5. The summed E-state index contributed by atoms with van der Waals surface area (Å²) in [6.07, 6.45) is 4.43. The Hall–Kier alpha value is -3.19. The molecule has 0 aliphatic heterocycles. The molecule has 156 valence electrons. The number of para-hydroxylation sites is 1. The van der Waals surface area contributed by atoms with Gasteiger partial charge in [-0.15, -0.1) is 11.8 Å². The number of carbonyl (C=O) groups is 1. The van der Waals surface area contributed by atoms with Gasteiger partial charge < -0.3 is 15.4 Å². The van der Waals surface area contributed by atoms with Crippen molar-refractivity contribution in [1.82, 2.24) is 10.3 Å². The van der Waals surface area contributed by atoms with Crippen molar-refractivity contribution in [3.8, 4) is 5.75 Å². The molecule has 0 bridgehead atoms. The zero-order valence-electron chi connectivity index (χ0n) is 17.1. The van der Waals surface area contributed by atoms with Crippen molar-refractivity contribution in [2.75, 3.05) is 30.0 Å². The van der Waals surface area contributed by atoms with Crippen LogP contribution in [0.5, 0.6) is 5.75 Å². The number of anilines is 3. The molecule has 0 saturated heterocycles. The standard InChI is InChI=1S/C23H26N4O2S/c1-3-29-21-10-5-4-7-17(21)13-14-24-23(28)27-22-12-11-19(16-25-22)26-18-8-6-9-20(15-18)30-2/h4-12,15-16,26H,3,13-14H2,1-2H3,(H2,24,25,27,28). The van der Waals surface area contributed by atoms with Gasteiger partial charge in [0.15, 0.2) is 0 Å². The third-order valence-electron chi connectivity index (χ3n) is 4.32. The van der Waals surface area contributed by atoms with Crippen LogP contribution < -0.4 is 20.7 Å². The van der Waals surface area contributed by atoms with E-state index in [4.69, 9.17) is 4.74 Å². The molecule has 0 radical (unpaired) electrons.